The van der Waals surface area contributed by atoms with E-state index < -0.39 is 0 Å². The van der Waals surface area contributed by atoms with Crippen LogP contribution in [0.5, 0.6) is 5.75 Å². The molecule has 1 unspecified atom stereocenters. The third kappa shape index (κ3) is 7.42. The quantitative estimate of drug-likeness (QED) is 0.390. The highest BCUT2D eigenvalue weighted by atomic mass is 16.5. The maximum Gasteiger partial charge on any atom is 0.191 e. The molecule has 0 aromatic heterocycles. The minimum atomic E-state index is 0.612. The molecule has 0 bridgehead atoms. The fourth-order valence-electron chi connectivity index (χ4n) is 3.65. The van der Waals surface area contributed by atoms with E-state index in [4.69, 9.17) is 4.74 Å². The summed E-state index contributed by atoms with van der Waals surface area (Å²) in [6.07, 6.45) is 2.38. The van der Waals surface area contributed by atoms with Crippen molar-refractivity contribution in [2.45, 2.75) is 19.8 Å². The molecule has 5 nitrogen and oxygen atoms in total. The zero-order valence-electron chi connectivity index (χ0n) is 17.7. The van der Waals surface area contributed by atoms with Crippen LogP contribution >= 0.6 is 0 Å². The van der Waals surface area contributed by atoms with E-state index >= 15 is 0 Å². The van der Waals surface area contributed by atoms with Crippen molar-refractivity contribution in [3.8, 4) is 5.75 Å². The van der Waals surface area contributed by atoms with E-state index in [2.05, 4.69) is 69.9 Å². The zero-order valence-corrected chi connectivity index (χ0v) is 17.7. The van der Waals surface area contributed by atoms with Crippen LogP contribution in [0.3, 0.4) is 0 Å². The summed E-state index contributed by atoms with van der Waals surface area (Å²) in [4.78, 5) is 6.90. The zero-order chi connectivity index (χ0) is 20.3. The number of guanidine groups is 1. The van der Waals surface area contributed by atoms with Crippen LogP contribution in [-0.4, -0.2) is 57.2 Å². The average molecular weight is 395 g/mol. The highest BCUT2D eigenvalue weighted by Crippen LogP contribution is 2.16. The smallest absolute Gasteiger partial charge is 0.191 e. The molecule has 1 aliphatic heterocycles. The minimum absolute atomic E-state index is 0.612. The van der Waals surface area contributed by atoms with Gasteiger partial charge in [0.1, 0.15) is 12.4 Å². The van der Waals surface area contributed by atoms with Crippen molar-refractivity contribution in [3.63, 3.8) is 0 Å². The molecule has 1 heterocycles. The van der Waals surface area contributed by atoms with Crippen LogP contribution in [0.25, 0.3) is 0 Å². The average Bonchev–Trinajstić information content (AvgIpc) is 3.22. The van der Waals surface area contributed by atoms with E-state index in [1.807, 2.05) is 19.2 Å². The normalized spacial score (nSPS) is 17.3. The molecule has 2 aromatic rings. The van der Waals surface area contributed by atoms with Gasteiger partial charge in [0.25, 0.3) is 0 Å². The van der Waals surface area contributed by atoms with Gasteiger partial charge in [-0.3, -0.25) is 4.99 Å². The maximum absolute atomic E-state index is 5.76. The topological polar surface area (TPSA) is 48.9 Å². The molecule has 0 radical (unpaired) electrons. The number of hydrogen-bond donors (Lipinski definition) is 2. The lowest BCUT2D eigenvalue weighted by molar-refractivity contribution is 0.321. The second-order valence-corrected chi connectivity index (χ2v) is 7.73. The standard InChI is InChI=1S/C24H34N4O/c1-20-8-10-23(11-9-20)29-17-14-26-24(25-2)27-18-22-13-16-28(19-22)15-12-21-6-4-3-5-7-21/h3-11,22H,12-19H2,1-2H3,(H2,25,26,27). The van der Waals surface area contributed by atoms with Gasteiger partial charge in [-0.05, 0) is 49.9 Å². The lowest BCUT2D eigenvalue weighted by Crippen LogP contribution is -2.41. The number of benzene rings is 2. The Balaban J connectivity index is 1.28. The molecule has 1 fully saturated rings. The molecule has 3 rings (SSSR count). The van der Waals surface area contributed by atoms with Gasteiger partial charge >= 0.3 is 0 Å². The summed E-state index contributed by atoms with van der Waals surface area (Å²) < 4.78 is 5.76. The third-order valence-corrected chi connectivity index (χ3v) is 5.40. The molecule has 2 aromatic carbocycles. The van der Waals surface area contributed by atoms with Gasteiger partial charge in [0.15, 0.2) is 5.96 Å². The Bertz CT molecular complexity index is 745. The fourth-order valence-corrected chi connectivity index (χ4v) is 3.65. The summed E-state index contributed by atoms with van der Waals surface area (Å²) in [5.74, 6) is 2.43. The van der Waals surface area contributed by atoms with Crippen LogP contribution in [0.2, 0.25) is 0 Å². The van der Waals surface area contributed by atoms with Gasteiger partial charge < -0.3 is 20.3 Å². The second kappa shape index (κ2) is 11.5. The van der Waals surface area contributed by atoms with Crippen molar-refractivity contribution in [1.29, 1.82) is 0 Å². The largest absolute Gasteiger partial charge is 0.492 e. The highest BCUT2D eigenvalue weighted by molar-refractivity contribution is 5.79. The summed E-state index contributed by atoms with van der Waals surface area (Å²) in [5.41, 5.74) is 2.66. The second-order valence-electron chi connectivity index (χ2n) is 7.73. The number of ether oxygens (including phenoxy) is 1. The van der Waals surface area contributed by atoms with Gasteiger partial charge in [0, 0.05) is 26.7 Å². The summed E-state index contributed by atoms with van der Waals surface area (Å²) >= 11 is 0. The van der Waals surface area contributed by atoms with Crippen LogP contribution in [0.1, 0.15) is 17.5 Å². The molecule has 1 atom stereocenters. The lowest BCUT2D eigenvalue weighted by atomic mass is 10.1. The number of aryl methyl sites for hydroxylation is 1. The van der Waals surface area contributed by atoms with Crippen molar-refractivity contribution in [1.82, 2.24) is 15.5 Å². The Morgan fingerprint density at radius 1 is 1.10 bits per heavy atom. The number of nitrogens with zero attached hydrogens (tertiary/aromatic N) is 2. The van der Waals surface area contributed by atoms with E-state index in [1.54, 1.807) is 0 Å². The van der Waals surface area contributed by atoms with Gasteiger partial charge in [-0.1, -0.05) is 48.0 Å². The van der Waals surface area contributed by atoms with Gasteiger partial charge in [0.05, 0.1) is 6.54 Å². The maximum atomic E-state index is 5.76. The Morgan fingerprint density at radius 2 is 1.90 bits per heavy atom. The number of nitrogens with one attached hydrogen (secondary N) is 2. The summed E-state index contributed by atoms with van der Waals surface area (Å²) in [7, 11) is 1.82. The van der Waals surface area contributed by atoms with Gasteiger partial charge in [-0.2, -0.15) is 0 Å². The molecule has 2 N–H and O–H groups in total. The van der Waals surface area contributed by atoms with Crippen molar-refractivity contribution < 1.29 is 4.74 Å². The first kappa shape index (κ1) is 21.2. The number of hydrogen-bond acceptors (Lipinski definition) is 3. The van der Waals surface area contributed by atoms with Crippen LogP contribution < -0.4 is 15.4 Å². The number of rotatable bonds is 9. The van der Waals surface area contributed by atoms with Gasteiger partial charge in [-0.15, -0.1) is 0 Å². The number of likely N-dealkylation sites (tertiary alicyclic amines) is 1. The van der Waals surface area contributed by atoms with E-state index in [0.29, 0.717) is 12.5 Å². The third-order valence-electron chi connectivity index (χ3n) is 5.40. The monoisotopic (exact) mass is 394 g/mol. The van der Waals surface area contributed by atoms with Crippen LogP contribution in [0.4, 0.5) is 0 Å². The van der Waals surface area contributed by atoms with Crippen LogP contribution in [0, 0.1) is 12.8 Å². The molecule has 0 saturated carbocycles. The SMILES string of the molecule is CN=C(NCCOc1ccc(C)cc1)NCC1CCN(CCc2ccccc2)C1. The molecule has 29 heavy (non-hydrogen) atoms. The Morgan fingerprint density at radius 3 is 2.66 bits per heavy atom. The first-order valence-electron chi connectivity index (χ1n) is 10.6. The van der Waals surface area contributed by atoms with Crippen molar-refractivity contribution in [2.75, 3.05) is 46.4 Å². The molecule has 156 valence electrons. The molecule has 0 aliphatic carbocycles. The summed E-state index contributed by atoms with van der Waals surface area (Å²) in [6.45, 7) is 7.86. The van der Waals surface area contributed by atoms with Gasteiger partial charge in [-0.25, -0.2) is 0 Å². The van der Waals surface area contributed by atoms with Crippen molar-refractivity contribution in [2.24, 2.45) is 10.9 Å². The molecule has 1 saturated heterocycles. The Kier molecular flexibility index (Phi) is 8.38. The van der Waals surface area contributed by atoms with Crippen molar-refractivity contribution in [3.05, 3.63) is 65.7 Å². The van der Waals surface area contributed by atoms with E-state index in [9.17, 15) is 0 Å². The van der Waals surface area contributed by atoms with Crippen molar-refractivity contribution >= 4 is 5.96 Å². The molecule has 0 spiro atoms. The predicted octanol–water partition coefficient (Wildman–Crippen LogP) is 3.10. The molecular formula is C24H34N4O. The minimum Gasteiger partial charge on any atom is -0.492 e. The van der Waals surface area contributed by atoms with E-state index in [1.165, 1.54) is 24.1 Å². The summed E-state index contributed by atoms with van der Waals surface area (Å²) in [6, 6.07) is 18.9. The Hall–Kier alpha value is -2.53. The first-order chi connectivity index (χ1) is 14.2. The molecule has 1 aliphatic rings. The van der Waals surface area contributed by atoms with Crippen LogP contribution in [-0.2, 0) is 6.42 Å². The molecule has 0 amide bonds. The van der Waals surface area contributed by atoms with E-state index in [0.717, 1.165) is 44.3 Å². The first-order valence-corrected chi connectivity index (χ1v) is 10.6. The van der Waals surface area contributed by atoms with Crippen LogP contribution in [0.15, 0.2) is 59.6 Å². The fraction of sp³-hybridized carbons (Fsp3) is 0.458. The predicted molar refractivity (Wildman–Crippen MR) is 121 cm³/mol. The molecule has 5 heteroatoms. The van der Waals surface area contributed by atoms with E-state index in [-0.39, 0.29) is 0 Å². The Labute approximate surface area is 175 Å². The lowest BCUT2D eigenvalue weighted by Gasteiger charge is -2.17. The number of aliphatic imine (C=N–C) groups is 1. The van der Waals surface area contributed by atoms with Gasteiger partial charge in [0.2, 0.25) is 0 Å². The molecular weight excluding hydrogens is 360 g/mol. The summed E-state index contributed by atoms with van der Waals surface area (Å²) in [5, 5.41) is 6.80. The highest BCUT2D eigenvalue weighted by Gasteiger charge is 2.22.